The first-order valence-corrected chi connectivity index (χ1v) is 10.4. The summed E-state index contributed by atoms with van der Waals surface area (Å²) >= 11 is 0. The Labute approximate surface area is 193 Å². The molecule has 0 spiro atoms. The molecular weight excluding hydrogens is 432 g/mol. The number of aromatic hydroxyl groups is 4. The minimum atomic E-state index is -0.811. The fourth-order valence-electron chi connectivity index (χ4n) is 3.95. The van der Waals surface area contributed by atoms with Gasteiger partial charge in [0, 0.05) is 11.1 Å². The van der Waals surface area contributed by atoms with E-state index in [1.165, 1.54) is 6.07 Å². The summed E-state index contributed by atoms with van der Waals surface area (Å²) in [5.41, 5.74) is 5.90. The van der Waals surface area contributed by atoms with Crippen LogP contribution in [0.15, 0.2) is 116 Å². The SMILES string of the molecule is Oc1cc(C2=CC3=NC2=CC2=NC(=CC4=NC(=CC5=NC(=C3)C=C5)C=C4)C=C2)c(O)c(O)c1O. The van der Waals surface area contributed by atoms with Gasteiger partial charge in [0.1, 0.15) is 0 Å². The molecular formula is C26H16N4O4. The molecule has 1 aromatic carbocycles. The van der Waals surface area contributed by atoms with Gasteiger partial charge in [0.2, 0.25) is 11.5 Å². The molecule has 8 nitrogen and oxygen atoms in total. The van der Waals surface area contributed by atoms with E-state index < -0.39 is 23.0 Å². The van der Waals surface area contributed by atoms with Gasteiger partial charge >= 0.3 is 0 Å². The smallest absolute Gasteiger partial charge is 0.204 e. The van der Waals surface area contributed by atoms with E-state index in [1.54, 1.807) is 18.2 Å². The summed E-state index contributed by atoms with van der Waals surface area (Å²) < 4.78 is 0. The molecule has 0 aromatic heterocycles. The lowest BCUT2D eigenvalue weighted by Gasteiger charge is -2.11. The van der Waals surface area contributed by atoms with Crippen LogP contribution in [-0.2, 0) is 0 Å². The number of rotatable bonds is 1. The lowest BCUT2D eigenvalue weighted by molar-refractivity contribution is 0.345. The maximum absolute atomic E-state index is 10.5. The van der Waals surface area contributed by atoms with Crippen molar-refractivity contribution < 1.29 is 20.4 Å². The Bertz CT molecular complexity index is 1570. The molecule has 0 aliphatic carbocycles. The third kappa shape index (κ3) is 3.34. The minimum absolute atomic E-state index is 0.111. The van der Waals surface area contributed by atoms with E-state index in [2.05, 4.69) is 20.0 Å². The molecule has 8 bridgehead atoms. The number of benzene rings is 1. The van der Waals surface area contributed by atoms with Crippen molar-refractivity contribution in [3.05, 3.63) is 101 Å². The Morgan fingerprint density at radius 1 is 0.471 bits per heavy atom. The molecule has 0 unspecified atom stereocenters. The quantitative estimate of drug-likeness (QED) is 0.383. The van der Waals surface area contributed by atoms with Gasteiger partial charge in [-0.2, -0.15) is 0 Å². The molecule has 4 N–H and O–H groups in total. The van der Waals surface area contributed by atoms with Crippen LogP contribution in [0.25, 0.3) is 5.57 Å². The molecule has 1 aromatic rings. The van der Waals surface area contributed by atoms with Crippen molar-refractivity contribution in [3.8, 4) is 23.0 Å². The van der Waals surface area contributed by atoms with E-state index in [0.29, 0.717) is 28.4 Å². The molecule has 0 saturated heterocycles. The molecule has 0 fully saturated rings. The zero-order valence-electron chi connectivity index (χ0n) is 17.5. The predicted octanol–water partition coefficient (Wildman–Crippen LogP) is 3.93. The highest BCUT2D eigenvalue weighted by molar-refractivity contribution is 6.19. The Morgan fingerprint density at radius 2 is 1.00 bits per heavy atom. The average Bonchev–Trinajstić information content (AvgIpc) is 3.60. The van der Waals surface area contributed by atoms with Crippen molar-refractivity contribution in [1.29, 1.82) is 0 Å². The van der Waals surface area contributed by atoms with Crippen molar-refractivity contribution >= 4 is 28.4 Å². The highest BCUT2D eigenvalue weighted by Gasteiger charge is 2.24. The summed E-state index contributed by atoms with van der Waals surface area (Å²) in [7, 11) is 0. The van der Waals surface area contributed by atoms with E-state index >= 15 is 0 Å². The second kappa shape index (κ2) is 7.28. The molecule has 164 valence electrons. The van der Waals surface area contributed by atoms with Crippen molar-refractivity contribution in [1.82, 2.24) is 0 Å². The highest BCUT2D eigenvalue weighted by atomic mass is 16.3. The third-order valence-electron chi connectivity index (χ3n) is 5.56. The largest absolute Gasteiger partial charge is 0.504 e. The number of nitrogens with zero attached hydrogens (tertiary/aromatic N) is 4. The molecule has 5 heterocycles. The van der Waals surface area contributed by atoms with Gasteiger partial charge < -0.3 is 20.4 Å². The summed E-state index contributed by atoms with van der Waals surface area (Å²) in [4.78, 5) is 18.4. The van der Waals surface area contributed by atoms with E-state index in [1.807, 2.05) is 48.6 Å². The number of aliphatic imine (C=N–C) groups is 4. The maximum Gasteiger partial charge on any atom is 0.204 e. The first-order valence-electron chi connectivity index (χ1n) is 10.4. The number of phenols is 4. The molecule has 34 heavy (non-hydrogen) atoms. The molecule has 5 aliphatic heterocycles. The second-order valence-electron chi connectivity index (χ2n) is 7.93. The molecule has 0 amide bonds. The van der Waals surface area contributed by atoms with Gasteiger partial charge in [-0.1, -0.05) is 0 Å². The Balaban J connectivity index is 1.53. The van der Waals surface area contributed by atoms with Gasteiger partial charge in [-0.25, -0.2) is 20.0 Å². The minimum Gasteiger partial charge on any atom is -0.504 e. The molecule has 0 radical (unpaired) electrons. The highest BCUT2D eigenvalue weighted by Crippen LogP contribution is 2.48. The van der Waals surface area contributed by atoms with Crippen molar-refractivity contribution in [3.63, 3.8) is 0 Å². The maximum atomic E-state index is 10.5. The fraction of sp³-hybridized carbons (Fsp3) is 0. The van der Waals surface area contributed by atoms with Gasteiger partial charge in [0.05, 0.1) is 45.6 Å². The lowest BCUT2D eigenvalue weighted by Crippen LogP contribution is -1.92. The predicted molar refractivity (Wildman–Crippen MR) is 131 cm³/mol. The first kappa shape index (κ1) is 19.7. The van der Waals surface area contributed by atoms with Crippen molar-refractivity contribution in [2.45, 2.75) is 0 Å². The van der Waals surface area contributed by atoms with Crippen LogP contribution in [0.4, 0.5) is 0 Å². The normalized spacial score (nSPS) is 19.7. The van der Waals surface area contributed by atoms with Crippen LogP contribution in [-0.4, -0.2) is 43.3 Å². The van der Waals surface area contributed by atoms with Crippen molar-refractivity contribution in [2.24, 2.45) is 20.0 Å². The van der Waals surface area contributed by atoms with Crippen LogP contribution in [0.2, 0.25) is 0 Å². The number of allylic oxidation sites excluding steroid dienone is 12. The zero-order valence-corrected chi connectivity index (χ0v) is 17.5. The van der Waals surface area contributed by atoms with Crippen LogP contribution in [0.5, 0.6) is 23.0 Å². The lowest BCUT2D eigenvalue weighted by atomic mass is 9.99. The molecule has 5 aliphatic rings. The van der Waals surface area contributed by atoms with Crippen LogP contribution >= 0.6 is 0 Å². The monoisotopic (exact) mass is 448 g/mol. The molecule has 0 atom stereocenters. The van der Waals surface area contributed by atoms with Crippen LogP contribution in [0.3, 0.4) is 0 Å². The van der Waals surface area contributed by atoms with Crippen LogP contribution in [0, 0.1) is 0 Å². The van der Waals surface area contributed by atoms with E-state index in [0.717, 1.165) is 22.8 Å². The van der Waals surface area contributed by atoms with Crippen LogP contribution < -0.4 is 0 Å². The molecule has 8 heteroatoms. The van der Waals surface area contributed by atoms with Crippen LogP contribution in [0.1, 0.15) is 5.56 Å². The van der Waals surface area contributed by atoms with Gasteiger partial charge in [-0.05, 0) is 72.9 Å². The summed E-state index contributed by atoms with van der Waals surface area (Å²) in [6.45, 7) is 0. The van der Waals surface area contributed by atoms with E-state index in [9.17, 15) is 20.4 Å². The Hall–Kier alpha value is -4.98. The molecule has 0 saturated carbocycles. The van der Waals surface area contributed by atoms with E-state index in [-0.39, 0.29) is 5.56 Å². The summed E-state index contributed by atoms with van der Waals surface area (Å²) in [5.74, 6) is -2.74. The van der Waals surface area contributed by atoms with Gasteiger partial charge in [-0.3, -0.25) is 0 Å². The zero-order chi connectivity index (χ0) is 23.4. The number of hydrogen-bond acceptors (Lipinski definition) is 8. The van der Waals surface area contributed by atoms with Gasteiger partial charge in [0.25, 0.3) is 0 Å². The number of phenolic OH excluding ortho intramolecular Hbond substituents is 4. The van der Waals surface area contributed by atoms with E-state index in [4.69, 9.17) is 0 Å². The topological polar surface area (TPSA) is 130 Å². The average molecular weight is 448 g/mol. The summed E-state index contributed by atoms with van der Waals surface area (Å²) in [6.07, 6.45) is 20.2. The molecule has 6 rings (SSSR count). The fourth-order valence-corrected chi connectivity index (χ4v) is 3.95. The standard InChI is InChI=1S/C26H16N4O4/c31-23-12-21(24(32)26(34)25(23)33)20-10-19-9-17-4-3-15(28-17)7-13-1-2-14(27-13)8-16-5-6-18(29-16)11-22(20)30-19/h1-12,31-34H. The Kier molecular flexibility index (Phi) is 4.21. The first-order chi connectivity index (χ1) is 16.4. The summed E-state index contributed by atoms with van der Waals surface area (Å²) in [6, 6.07) is 1.18. The van der Waals surface area contributed by atoms with Gasteiger partial charge in [0.15, 0.2) is 11.5 Å². The second-order valence-corrected chi connectivity index (χ2v) is 7.93. The number of hydrogen-bond donors (Lipinski definition) is 4. The summed E-state index contributed by atoms with van der Waals surface area (Å²) in [5, 5.41) is 40.3. The third-order valence-corrected chi connectivity index (χ3v) is 5.56. The van der Waals surface area contributed by atoms with Crippen molar-refractivity contribution in [2.75, 3.05) is 0 Å². The number of fused-ring (bicyclic) bond motifs is 4. The van der Waals surface area contributed by atoms with Gasteiger partial charge in [-0.15, -0.1) is 0 Å². The Morgan fingerprint density at radius 3 is 1.59 bits per heavy atom.